The Morgan fingerprint density at radius 3 is 3.00 bits per heavy atom. The number of aliphatic hydroxyl groups is 1. The van der Waals surface area contributed by atoms with Crippen LogP contribution < -0.4 is 5.56 Å². The zero-order chi connectivity index (χ0) is 10.8. The van der Waals surface area contributed by atoms with Crippen molar-refractivity contribution in [3.63, 3.8) is 0 Å². The van der Waals surface area contributed by atoms with E-state index in [1.165, 1.54) is 6.20 Å². The zero-order valence-corrected chi connectivity index (χ0v) is 7.75. The van der Waals surface area contributed by atoms with Crippen LogP contribution in [0.3, 0.4) is 0 Å². The number of aliphatic hydroxyl groups excluding tert-OH is 1. The number of nitrogens with zero attached hydrogens (tertiary/aromatic N) is 2. The summed E-state index contributed by atoms with van der Waals surface area (Å²) >= 11 is 0. The van der Waals surface area contributed by atoms with Crippen molar-refractivity contribution >= 4 is 11.4 Å². The standard InChI is InChI=1S/C10H8N2O3/c13-6-8(14)7-5-12-4-2-1-3-9(12)11-10(7)15/h1-5,13H,6H2. The molecule has 0 aliphatic carbocycles. The van der Waals surface area contributed by atoms with Crippen LogP contribution in [0.1, 0.15) is 10.4 Å². The van der Waals surface area contributed by atoms with Crippen LogP contribution in [0.4, 0.5) is 0 Å². The summed E-state index contributed by atoms with van der Waals surface area (Å²) in [6.45, 7) is -0.685. The lowest BCUT2D eigenvalue weighted by Crippen LogP contribution is -2.21. The number of rotatable bonds is 2. The molecule has 2 aromatic rings. The molecule has 0 amide bonds. The molecule has 0 aliphatic heterocycles. The molecule has 15 heavy (non-hydrogen) atoms. The van der Waals surface area contributed by atoms with Crippen LogP contribution in [0, 0.1) is 0 Å². The Kier molecular flexibility index (Phi) is 2.31. The first kappa shape index (κ1) is 9.54. The highest BCUT2D eigenvalue weighted by molar-refractivity contribution is 5.96. The molecule has 0 aromatic carbocycles. The second-order valence-electron chi connectivity index (χ2n) is 3.01. The van der Waals surface area contributed by atoms with E-state index in [1.807, 2.05) is 0 Å². The highest BCUT2D eigenvalue weighted by Crippen LogP contribution is 1.99. The van der Waals surface area contributed by atoms with Gasteiger partial charge in [-0.3, -0.25) is 9.59 Å². The van der Waals surface area contributed by atoms with Gasteiger partial charge in [0.15, 0.2) is 5.78 Å². The van der Waals surface area contributed by atoms with E-state index in [-0.39, 0.29) is 5.56 Å². The molecular weight excluding hydrogens is 196 g/mol. The van der Waals surface area contributed by atoms with E-state index >= 15 is 0 Å². The van der Waals surface area contributed by atoms with Crippen LogP contribution in [-0.4, -0.2) is 26.9 Å². The summed E-state index contributed by atoms with van der Waals surface area (Å²) in [5, 5.41) is 8.66. The second-order valence-corrected chi connectivity index (χ2v) is 3.01. The fourth-order valence-corrected chi connectivity index (χ4v) is 1.29. The van der Waals surface area contributed by atoms with Crippen molar-refractivity contribution in [1.82, 2.24) is 9.38 Å². The molecule has 0 unspecified atom stereocenters. The highest BCUT2D eigenvalue weighted by Gasteiger charge is 2.10. The molecule has 0 bridgehead atoms. The van der Waals surface area contributed by atoms with Gasteiger partial charge in [0.1, 0.15) is 17.8 Å². The molecule has 0 spiro atoms. The molecule has 2 heterocycles. The lowest BCUT2D eigenvalue weighted by atomic mass is 10.2. The average molecular weight is 204 g/mol. The van der Waals surface area contributed by atoms with E-state index in [0.717, 1.165) is 0 Å². The smallest absolute Gasteiger partial charge is 0.284 e. The summed E-state index contributed by atoms with van der Waals surface area (Å²) in [4.78, 5) is 26.3. The van der Waals surface area contributed by atoms with E-state index in [0.29, 0.717) is 5.65 Å². The number of hydrogen-bond acceptors (Lipinski definition) is 4. The highest BCUT2D eigenvalue weighted by atomic mass is 16.3. The molecule has 2 aromatic heterocycles. The Morgan fingerprint density at radius 1 is 1.47 bits per heavy atom. The minimum absolute atomic E-state index is 0.0961. The Bertz CT molecular complexity index is 574. The van der Waals surface area contributed by atoms with Gasteiger partial charge in [-0.15, -0.1) is 0 Å². The predicted molar refractivity (Wildman–Crippen MR) is 52.9 cm³/mol. The molecular formula is C10H8N2O3. The van der Waals surface area contributed by atoms with E-state index in [9.17, 15) is 9.59 Å². The van der Waals surface area contributed by atoms with Crippen LogP contribution in [0.15, 0.2) is 35.4 Å². The fourth-order valence-electron chi connectivity index (χ4n) is 1.29. The first-order valence-electron chi connectivity index (χ1n) is 4.34. The van der Waals surface area contributed by atoms with Crippen molar-refractivity contribution in [2.75, 3.05) is 6.61 Å². The summed E-state index contributed by atoms with van der Waals surface area (Å²) in [6, 6.07) is 5.16. The zero-order valence-electron chi connectivity index (χ0n) is 7.75. The molecule has 5 heteroatoms. The van der Waals surface area contributed by atoms with Gasteiger partial charge in [0, 0.05) is 12.4 Å². The molecule has 0 aliphatic rings. The van der Waals surface area contributed by atoms with Crippen LogP contribution >= 0.6 is 0 Å². The molecule has 2 rings (SSSR count). The van der Waals surface area contributed by atoms with Crippen molar-refractivity contribution in [3.05, 3.63) is 46.5 Å². The summed E-state index contributed by atoms with van der Waals surface area (Å²) in [6.07, 6.45) is 3.05. The van der Waals surface area contributed by atoms with E-state index in [1.54, 1.807) is 28.8 Å². The van der Waals surface area contributed by atoms with Gasteiger partial charge in [-0.05, 0) is 12.1 Å². The van der Waals surface area contributed by atoms with Crippen molar-refractivity contribution in [2.24, 2.45) is 0 Å². The van der Waals surface area contributed by atoms with Crippen LogP contribution in [0.2, 0.25) is 0 Å². The second kappa shape index (κ2) is 3.62. The molecule has 5 nitrogen and oxygen atoms in total. The van der Waals surface area contributed by atoms with Gasteiger partial charge >= 0.3 is 0 Å². The number of aromatic nitrogens is 2. The molecule has 0 atom stereocenters. The molecule has 0 fully saturated rings. The van der Waals surface area contributed by atoms with E-state index in [4.69, 9.17) is 5.11 Å². The number of hydrogen-bond donors (Lipinski definition) is 1. The lowest BCUT2D eigenvalue weighted by Gasteiger charge is -2.01. The molecule has 0 saturated carbocycles. The molecule has 76 valence electrons. The van der Waals surface area contributed by atoms with Crippen molar-refractivity contribution in [2.45, 2.75) is 0 Å². The third-order valence-corrected chi connectivity index (χ3v) is 2.03. The monoisotopic (exact) mass is 204 g/mol. The Morgan fingerprint density at radius 2 is 2.27 bits per heavy atom. The quantitative estimate of drug-likeness (QED) is 0.691. The van der Waals surface area contributed by atoms with Gasteiger partial charge in [0.2, 0.25) is 0 Å². The summed E-state index contributed by atoms with van der Waals surface area (Å²) in [5.74, 6) is -0.620. The Hall–Kier alpha value is -2.01. The fraction of sp³-hybridized carbons (Fsp3) is 0.100. The van der Waals surface area contributed by atoms with Gasteiger partial charge in [-0.25, -0.2) is 0 Å². The summed E-state index contributed by atoms with van der Waals surface area (Å²) < 4.78 is 1.56. The number of Topliss-reactive ketones (excluding diaryl/α,β-unsaturated/α-hetero) is 1. The summed E-state index contributed by atoms with van der Waals surface area (Å²) in [7, 11) is 0. The lowest BCUT2D eigenvalue weighted by molar-refractivity contribution is 0.0901. The van der Waals surface area contributed by atoms with Crippen LogP contribution in [0.25, 0.3) is 5.65 Å². The maximum atomic E-state index is 11.4. The number of pyridine rings is 1. The Balaban J connectivity index is 2.73. The third kappa shape index (κ3) is 1.64. The molecule has 1 N–H and O–H groups in total. The van der Waals surface area contributed by atoms with Crippen LogP contribution in [0.5, 0.6) is 0 Å². The molecule has 0 radical (unpaired) electrons. The third-order valence-electron chi connectivity index (χ3n) is 2.03. The van der Waals surface area contributed by atoms with Crippen molar-refractivity contribution in [3.8, 4) is 0 Å². The van der Waals surface area contributed by atoms with Gasteiger partial charge in [0.05, 0.1) is 0 Å². The van der Waals surface area contributed by atoms with Crippen molar-refractivity contribution in [1.29, 1.82) is 0 Å². The minimum atomic E-state index is -0.685. The van der Waals surface area contributed by atoms with Gasteiger partial charge in [-0.2, -0.15) is 4.98 Å². The number of fused-ring (bicyclic) bond motifs is 1. The van der Waals surface area contributed by atoms with Gasteiger partial charge < -0.3 is 9.51 Å². The SMILES string of the molecule is O=C(CO)c1cn2ccccc2nc1=O. The minimum Gasteiger partial charge on any atom is -0.388 e. The number of carbonyl (C=O) groups excluding carboxylic acids is 1. The maximum Gasteiger partial charge on any atom is 0.284 e. The van der Waals surface area contributed by atoms with Crippen molar-refractivity contribution < 1.29 is 9.90 Å². The first-order valence-corrected chi connectivity index (χ1v) is 4.34. The topological polar surface area (TPSA) is 71.7 Å². The van der Waals surface area contributed by atoms with Gasteiger partial charge in [0.25, 0.3) is 5.56 Å². The number of ketones is 1. The van der Waals surface area contributed by atoms with Gasteiger partial charge in [-0.1, -0.05) is 6.07 Å². The van der Waals surface area contributed by atoms with E-state index in [2.05, 4.69) is 4.98 Å². The maximum absolute atomic E-state index is 11.4. The summed E-state index contributed by atoms with van der Waals surface area (Å²) in [5.41, 5.74) is -0.238. The molecule has 0 saturated heterocycles. The number of carbonyl (C=O) groups is 1. The van der Waals surface area contributed by atoms with E-state index < -0.39 is 17.9 Å². The first-order chi connectivity index (χ1) is 7.22. The normalized spacial score (nSPS) is 10.5. The largest absolute Gasteiger partial charge is 0.388 e. The van der Waals surface area contributed by atoms with Crippen LogP contribution in [-0.2, 0) is 0 Å². The predicted octanol–water partition coefficient (Wildman–Crippen LogP) is -0.131. The average Bonchev–Trinajstić information content (AvgIpc) is 2.27. The Labute approximate surface area is 84.6 Å².